The van der Waals surface area contributed by atoms with Crippen LogP contribution in [-0.2, 0) is 9.53 Å². The van der Waals surface area contributed by atoms with Crippen molar-refractivity contribution >= 4 is 51.7 Å². The highest BCUT2D eigenvalue weighted by Crippen LogP contribution is 2.35. The minimum atomic E-state index is -0.173. The second kappa shape index (κ2) is 8.96. The summed E-state index contributed by atoms with van der Waals surface area (Å²) in [5, 5.41) is 0. The van der Waals surface area contributed by atoms with Gasteiger partial charge in [0, 0.05) is 25.9 Å². The molecule has 1 amide bonds. The van der Waals surface area contributed by atoms with Crippen LogP contribution >= 0.6 is 24.0 Å². The van der Waals surface area contributed by atoms with Crippen molar-refractivity contribution in [2.45, 2.75) is 38.7 Å². The molecule has 0 aromatic carbocycles. The van der Waals surface area contributed by atoms with Crippen LogP contribution in [-0.4, -0.2) is 56.9 Å². The number of anilines is 1. The first-order valence-corrected chi connectivity index (χ1v) is 12.4. The molecule has 168 valence electrons. The Hall–Kier alpha value is -2.23. The van der Waals surface area contributed by atoms with Crippen molar-refractivity contribution < 1.29 is 9.53 Å². The number of fused-ring (bicyclic) bond motifs is 1. The molecule has 1 atom stereocenters. The number of ether oxygens (including phenoxy) is 1. The van der Waals surface area contributed by atoms with Crippen molar-refractivity contribution in [1.82, 2.24) is 14.3 Å². The largest absolute Gasteiger partial charge is 0.376 e. The second-order valence-corrected chi connectivity index (χ2v) is 10.4. The number of pyridine rings is 1. The summed E-state index contributed by atoms with van der Waals surface area (Å²) in [6, 6.07) is 5.52. The summed E-state index contributed by atoms with van der Waals surface area (Å²) in [5.74, 6) is 1.15. The lowest BCUT2D eigenvalue weighted by Crippen LogP contribution is -2.36. The molecule has 0 spiro atoms. The molecule has 0 radical (unpaired) electrons. The number of carbonyl (C=O) groups excluding carboxylic acids is 1. The van der Waals surface area contributed by atoms with E-state index in [1.54, 1.807) is 17.2 Å². The SMILES string of the molecule is CC1CCN(c2nc3ccccn3c(=O)c2C=C2SC(=S)N(CC3CCCO3)C2=O)CC1. The number of nitrogens with zero attached hydrogens (tertiary/aromatic N) is 4. The highest BCUT2D eigenvalue weighted by molar-refractivity contribution is 8.26. The standard InChI is InChI=1S/C23H26N4O3S2/c1-15-7-10-25(11-8-15)20-17(21(28)26-9-3-2-6-19(26)24-20)13-18-22(29)27(23(31)32-18)14-16-5-4-12-30-16/h2-3,6,9,13,15-16H,4-5,7-8,10-12,14H2,1H3. The minimum Gasteiger partial charge on any atom is -0.376 e. The summed E-state index contributed by atoms with van der Waals surface area (Å²) in [6.07, 6.45) is 7.48. The Morgan fingerprint density at radius 1 is 1.25 bits per heavy atom. The Bertz CT molecular complexity index is 1150. The minimum absolute atomic E-state index is 0.0238. The van der Waals surface area contributed by atoms with Gasteiger partial charge in [-0.25, -0.2) is 4.98 Å². The van der Waals surface area contributed by atoms with Crippen molar-refractivity contribution in [2.24, 2.45) is 5.92 Å². The molecule has 7 nitrogen and oxygen atoms in total. The lowest BCUT2D eigenvalue weighted by atomic mass is 9.99. The van der Waals surface area contributed by atoms with E-state index in [0.717, 1.165) is 45.4 Å². The fourth-order valence-electron chi connectivity index (χ4n) is 4.46. The number of aromatic nitrogens is 2. The van der Waals surface area contributed by atoms with Gasteiger partial charge in [0.1, 0.15) is 15.8 Å². The Balaban J connectivity index is 1.54. The van der Waals surface area contributed by atoms with E-state index in [4.69, 9.17) is 21.9 Å². The van der Waals surface area contributed by atoms with Crippen molar-refractivity contribution in [2.75, 3.05) is 31.1 Å². The highest BCUT2D eigenvalue weighted by atomic mass is 32.2. The van der Waals surface area contributed by atoms with Crippen LogP contribution < -0.4 is 10.5 Å². The summed E-state index contributed by atoms with van der Waals surface area (Å²) in [7, 11) is 0. The van der Waals surface area contributed by atoms with Crippen molar-refractivity contribution in [3.63, 3.8) is 0 Å². The first-order chi connectivity index (χ1) is 15.5. The second-order valence-electron chi connectivity index (χ2n) is 8.68. The number of thiocarbonyl (C=S) groups is 1. The van der Waals surface area contributed by atoms with Crippen LogP contribution in [0.2, 0.25) is 0 Å². The first-order valence-electron chi connectivity index (χ1n) is 11.1. The van der Waals surface area contributed by atoms with Gasteiger partial charge in [0.15, 0.2) is 0 Å². The maximum absolute atomic E-state index is 13.5. The predicted octanol–water partition coefficient (Wildman–Crippen LogP) is 3.31. The van der Waals surface area contributed by atoms with Gasteiger partial charge in [-0.05, 0) is 49.8 Å². The number of carbonyl (C=O) groups is 1. The Morgan fingerprint density at radius 3 is 2.81 bits per heavy atom. The quantitative estimate of drug-likeness (QED) is 0.502. The van der Waals surface area contributed by atoms with Crippen LogP contribution in [0.4, 0.5) is 5.82 Å². The Morgan fingerprint density at radius 2 is 2.06 bits per heavy atom. The highest BCUT2D eigenvalue weighted by Gasteiger charge is 2.35. The molecule has 0 N–H and O–H groups in total. The van der Waals surface area contributed by atoms with E-state index in [-0.39, 0.29) is 17.6 Å². The topological polar surface area (TPSA) is 67.2 Å². The van der Waals surface area contributed by atoms with Gasteiger partial charge in [0.05, 0.1) is 23.1 Å². The molecule has 5 rings (SSSR count). The molecular weight excluding hydrogens is 444 g/mol. The molecule has 3 saturated heterocycles. The van der Waals surface area contributed by atoms with Crippen LogP contribution in [0.25, 0.3) is 11.7 Å². The average molecular weight is 471 g/mol. The average Bonchev–Trinajstić information content (AvgIpc) is 3.40. The molecule has 9 heteroatoms. The number of thioether (sulfide) groups is 1. The van der Waals surface area contributed by atoms with Crippen LogP contribution in [0, 0.1) is 5.92 Å². The van der Waals surface area contributed by atoms with Gasteiger partial charge in [0.2, 0.25) is 0 Å². The van der Waals surface area contributed by atoms with Crippen molar-refractivity contribution in [1.29, 1.82) is 0 Å². The van der Waals surface area contributed by atoms with E-state index in [1.165, 1.54) is 16.2 Å². The summed E-state index contributed by atoms with van der Waals surface area (Å²) in [6.45, 7) is 5.13. The first kappa shape index (κ1) is 21.6. The van der Waals surface area contributed by atoms with Gasteiger partial charge in [0.25, 0.3) is 11.5 Å². The van der Waals surface area contributed by atoms with E-state index in [2.05, 4.69) is 11.8 Å². The summed E-state index contributed by atoms with van der Waals surface area (Å²) >= 11 is 6.74. The zero-order valence-electron chi connectivity index (χ0n) is 18.0. The van der Waals surface area contributed by atoms with E-state index in [1.807, 2.05) is 18.2 Å². The van der Waals surface area contributed by atoms with E-state index >= 15 is 0 Å². The molecule has 32 heavy (non-hydrogen) atoms. The molecule has 0 aliphatic carbocycles. The maximum Gasteiger partial charge on any atom is 0.267 e. The number of hydrogen-bond donors (Lipinski definition) is 0. The summed E-state index contributed by atoms with van der Waals surface area (Å²) < 4.78 is 7.74. The molecule has 3 aliphatic rings. The van der Waals surface area contributed by atoms with Gasteiger partial charge in [-0.3, -0.25) is 18.9 Å². The molecule has 1 unspecified atom stereocenters. The third-order valence-corrected chi connectivity index (χ3v) is 7.77. The van der Waals surface area contributed by atoms with Gasteiger partial charge in [-0.2, -0.15) is 0 Å². The molecule has 3 aliphatic heterocycles. The Kier molecular flexibility index (Phi) is 6.05. The van der Waals surface area contributed by atoms with Crippen LogP contribution in [0.15, 0.2) is 34.1 Å². The predicted molar refractivity (Wildman–Crippen MR) is 131 cm³/mol. The van der Waals surface area contributed by atoms with Crippen molar-refractivity contribution in [3.05, 3.63) is 45.2 Å². The molecule has 3 fully saturated rings. The van der Waals surface area contributed by atoms with Crippen LogP contribution in [0.1, 0.15) is 38.2 Å². The summed E-state index contributed by atoms with van der Waals surface area (Å²) in [4.78, 5) is 35.7. The summed E-state index contributed by atoms with van der Waals surface area (Å²) in [5.41, 5.74) is 0.878. The number of hydrogen-bond acceptors (Lipinski definition) is 7. The molecule has 0 bridgehead atoms. The van der Waals surface area contributed by atoms with Gasteiger partial charge >= 0.3 is 0 Å². The molecule has 5 heterocycles. The van der Waals surface area contributed by atoms with Crippen LogP contribution in [0.5, 0.6) is 0 Å². The number of piperidine rings is 1. The fourth-order valence-corrected chi connectivity index (χ4v) is 5.72. The molecule has 2 aromatic rings. The smallest absolute Gasteiger partial charge is 0.267 e. The van der Waals surface area contributed by atoms with Crippen molar-refractivity contribution in [3.8, 4) is 0 Å². The lowest BCUT2D eigenvalue weighted by Gasteiger charge is -2.32. The third kappa shape index (κ3) is 4.09. The normalized spacial score (nSPS) is 23.8. The Labute approximate surface area is 196 Å². The van der Waals surface area contributed by atoms with E-state index in [0.29, 0.717) is 38.7 Å². The maximum atomic E-state index is 13.5. The third-order valence-electron chi connectivity index (χ3n) is 6.39. The van der Waals surface area contributed by atoms with Crippen LogP contribution in [0.3, 0.4) is 0 Å². The van der Waals surface area contributed by atoms with E-state index < -0.39 is 0 Å². The lowest BCUT2D eigenvalue weighted by molar-refractivity contribution is -0.123. The number of amides is 1. The monoisotopic (exact) mass is 470 g/mol. The van der Waals surface area contributed by atoms with Gasteiger partial charge in [-0.1, -0.05) is 37.0 Å². The molecule has 2 aromatic heterocycles. The number of rotatable bonds is 4. The fraction of sp³-hybridized carbons (Fsp3) is 0.478. The van der Waals surface area contributed by atoms with E-state index in [9.17, 15) is 9.59 Å². The van der Waals surface area contributed by atoms with Gasteiger partial charge < -0.3 is 9.64 Å². The molecular formula is C23H26N4O3S2. The van der Waals surface area contributed by atoms with Gasteiger partial charge in [-0.15, -0.1) is 0 Å². The zero-order valence-corrected chi connectivity index (χ0v) is 19.7. The molecule has 0 saturated carbocycles. The zero-order chi connectivity index (χ0) is 22.2.